The molecular formula is C17H23ClN4O4S. The molecule has 3 amide bonds. The molecule has 1 aromatic rings. The van der Waals surface area contributed by atoms with Gasteiger partial charge in [0.25, 0.3) is 5.91 Å². The summed E-state index contributed by atoms with van der Waals surface area (Å²) in [5.74, 6) is -0.212. The van der Waals surface area contributed by atoms with Crippen molar-refractivity contribution in [3.63, 3.8) is 0 Å². The monoisotopic (exact) mass is 414 g/mol. The Bertz CT molecular complexity index is 824. The minimum Gasteiger partial charge on any atom is -0.326 e. The molecule has 2 aliphatic heterocycles. The summed E-state index contributed by atoms with van der Waals surface area (Å²) in [6.45, 7) is 3.59. The quantitative estimate of drug-likeness (QED) is 0.709. The van der Waals surface area contributed by atoms with Crippen molar-refractivity contribution in [1.29, 1.82) is 0 Å². The number of nitrogens with zero attached hydrogens (tertiary/aromatic N) is 3. The number of halogens is 1. The van der Waals surface area contributed by atoms with Gasteiger partial charge >= 0.3 is 6.03 Å². The van der Waals surface area contributed by atoms with E-state index in [0.29, 0.717) is 24.5 Å². The predicted molar refractivity (Wildman–Crippen MR) is 101 cm³/mol. The lowest BCUT2D eigenvalue weighted by atomic mass is 10.2. The van der Waals surface area contributed by atoms with Crippen molar-refractivity contribution in [2.75, 3.05) is 32.8 Å². The molecule has 148 valence electrons. The van der Waals surface area contributed by atoms with E-state index < -0.39 is 16.1 Å². The third kappa shape index (κ3) is 4.26. The maximum Gasteiger partial charge on any atom is 0.325 e. The Labute approximate surface area is 164 Å². The maximum absolute atomic E-state index is 12.7. The second kappa shape index (κ2) is 8.14. The zero-order valence-corrected chi connectivity index (χ0v) is 16.7. The Morgan fingerprint density at radius 3 is 2.52 bits per heavy atom. The largest absolute Gasteiger partial charge is 0.326 e. The molecule has 0 bridgehead atoms. The van der Waals surface area contributed by atoms with Crippen LogP contribution in [0.5, 0.6) is 0 Å². The molecule has 0 aromatic heterocycles. The van der Waals surface area contributed by atoms with Crippen molar-refractivity contribution in [3.8, 4) is 0 Å². The number of amides is 3. The van der Waals surface area contributed by atoms with E-state index in [4.69, 9.17) is 11.6 Å². The van der Waals surface area contributed by atoms with Gasteiger partial charge in [0.1, 0.15) is 6.04 Å². The second-order valence-corrected chi connectivity index (χ2v) is 9.05. The first-order valence-electron chi connectivity index (χ1n) is 8.93. The summed E-state index contributed by atoms with van der Waals surface area (Å²) in [4.78, 5) is 27.6. The summed E-state index contributed by atoms with van der Waals surface area (Å²) in [6.07, 6.45) is 1.43. The fraction of sp³-hybridized carbons (Fsp3) is 0.529. The molecule has 10 heteroatoms. The topological polar surface area (TPSA) is 90.0 Å². The van der Waals surface area contributed by atoms with Crippen LogP contribution in [-0.2, 0) is 14.8 Å². The van der Waals surface area contributed by atoms with Crippen molar-refractivity contribution < 1.29 is 18.0 Å². The first kappa shape index (κ1) is 20.1. The number of urea groups is 1. The first-order valence-corrected chi connectivity index (χ1v) is 10.7. The molecule has 8 nitrogen and oxygen atoms in total. The lowest BCUT2D eigenvalue weighted by Gasteiger charge is -2.35. The summed E-state index contributed by atoms with van der Waals surface area (Å²) in [7, 11) is -3.61. The van der Waals surface area contributed by atoms with Gasteiger partial charge in [-0.2, -0.15) is 4.31 Å². The Kier molecular flexibility index (Phi) is 6.05. The summed E-state index contributed by atoms with van der Waals surface area (Å²) >= 11 is 5.90. The fourth-order valence-corrected chi connectivity index (χ4v) is 5.01. The molecule has 2 heterocycles. The van der Waals surface area contributed by atoms with E-state index in [9.17, 15) is 18.0 Å². The van der Waals surface area contributed by atoms with Crippen LogP contribution in [0.4, 0.5) is 4.79 Å². The molecule has 1 N–H and O–H groups in total. The molecule has 0 unspecified atom stereocenters. The van der Waals surface area contributed by atoms with E-state index in [0.717, 1.165) is 6.42 Å². The Morgan fingerprint density at radius 1 is 1.19 bits per heavy atom. The third-order valence-corrected chi connectivity index (χ3v) is 6.92. The van der Waals surface area contributed by atoms with E-state index in [1.54, 1.807) is 12.1 Å². The third-order valence-electron chi connectivity index (χ3n) is 4.79. The van der Waals surface area contributed by atoms with Gasteiger partial charge in [0.05, 0.1) is 11.6 Å². The summed E-state index contributed by atoms with van der Waals surface area (Å²) in [6, 6.07) is 5.36. The van der Waals surface area contributed by atoms with Crippen molar-refractivity contribution in [2.45, 2.75) is 30.7 Å². The van der Waals surface area contributed by atoms with Gasteiger partial charge in [0, 0.05) is 31.2 Å². The Morgan fingerprint density at radius 2 is 1.89 bits per heavy atom. The van der Waals surface area contributed by atoms with Crippen LogP contribution in [0.25, 0.3) is 0 Å². The van der Waals surface area contributed by atoms with Crippen molar-refractivity contribution >= 4 is 33.6 Å². The first-order chi connectivity index (χ1) is 12.8. The maximum atomic E-state index is 12.7. The highest BCUT2D eigenvalue weighted by molar-refractivity contribution is 7.89. The van der Waals surface area contributed by atoms with Crippen LogP contribution < -0.4 is 5.32 Å². The lowest BCUT2D eigenvalue weighted by molar-refractivity contribution is -0.129. The molecule has 2 fully saturated rings. The van der Waals surface area contributed by atoms with Gasteiger partial charge in [-0.1, -0.05) is 31.0 Å². The van der Waals surface area contributed by atoms with E-state index in [-0.39, 0.29) is 36.6 Å². The zero-order valence-electron chi connectivity index (χ0n) is 15.1. The van der Waals surface area contributed by atoms with Gasteiger partial charge in [0.2, 0.25) is 10.0 Å². The van der Waals surface area contributed by atoms with E-state index in [1.165, 1.54) is 21.3 Å². The molecule has 2 aliphatic rings. The molecule has 0 radical (unpaired) electrons. The number of imide groups is 1. The number of rotatable bonds is 6. The van der Waals surface area contributed by atoms with Crippen LogP contribution in [0.3, 0.4) is 0 Å². The van der Waals surface area contributed by atoms with Crippen LogP contribution in [0, 0.1) is 0 Å². The van der Waals surface area contributed by atoms with Crippen LogP contribution in [-0.4, -0.2) is 73.4 Å². The van der Waals surface area contributed by atoms with Gasteiger partial charge in [0.15, 0.2) is 0 Å². The van der Waals surface area contributed by atoms with Gasteiger partial charge in [-0.05, 0) is 24.6 Å². The van der Waals surface area contributed by atoms with Gasteiger partial charge in [-0.25, -0.2) is 18.1 Å². The van der Waals surface area contributed by atoms with Gasteiger partial charge in [-0.3, -0.25) is 9.69 Å². The highest BCUT2D eigenvalue weighted by Crippen LogP contribution is 2.21. The molecular weight excluding hydrogens is 392 g/mol. The predicted octanol–water partition coefficient (Wildman–Crippen LogP) is 1.32. The minimum atomic E-state index is -3.61. The lowest BCUT2D eigenvalue weighted by Crippen LogP contribution is -2.52. The SMILES string of the molecule is CCC[C@H]1NC(=O)N(CN2CCN(S(=O)(=O)c3cccc(Cl)c3)CC2)C1=O. The van der Waals surface area contributed by atoms with E-state index >= 15 is 0 Å². The molecule has 1 aromatic carbocycles. The molecule has 2 saturated heterocycles. The fourth-order valence-electron chi connectivity index (χ4n) is 3.28. The summed E-state index contributed by atoms with van der Waals surface area (Å²) in [5, 5.41) is 3.07. The smallest absolute Gasteiger partial charge is 0.325 e. The number of piperazine rings is 1. The minimum absolute atomic E-state index is 0.167. The van der Waals surface area contributed by atoms with E-state index in [2.05, 4.69) is 5.32 Å². The zero-order chi connectivity index (χ0) is 19.6. The van der Waals surface area contributed by atoms with Crippen molar-refractivity contribution in [2.24, 2.45) is 0 Å². The highest BCUT2D eigenvalue weighted by atomic mass is 35.5. The van der Waals surface area contributed by atoms with Crippen LogP contribution in [0.1, 0.15) is 19.8 Å². The van der Waals surface area contributed by atoms with Crippen LogP contribution in [0.2, 0.25) is 5.02 Å². The molecule has 3 rings (SSSR count). The number of hydrogen-bond donors (Lipinski definition) is 1. The van der Waals surface area contributed by atoms with Gasteiger partial charge in [-0.15, -0.1) is 0 Å². The number of carbonyl (C=O) groups excluding carboxylic acids is 2. The number of carbonyl (C=O) groups is 2. The van der Waals surface area contributed by atoms with Crippen LogP contribution in [0.15, 0.2) is 29.2 Å². The number of hydrogen-bond acceptors (Lipinski definition) is 5. The Balaban J connectivity index is 1.59. The second-order valence-electron chi connectivity index (χ2n) is 6.68. The summed E-state index contributed by atoms with van der Waals surface area (Å²) in [5.41, 5.74) is 0. The molecule has 0 spiro atoms. The highest BCUT2D eigenvalue weighted by Gasteiger charge is 2.39. The average Bonchev–Trinajstić information content (AvgIpc) is 2.90. The van der Waals surface area contributed by atoms with Crippen molar-refractivity contribution in [1.82, 2.24) is 19.4 Å². The number of nitrogens with one attached hydrogen (secondary N) is 1. The van der Waals surface area contributed by atoms with Crippen LogP contribution >= 0.6 is 11.6 Å². The number of benzene rings is 1. The van der Waals surface area contributed by atoms with Crippen molar-refractivity contribution in [3.05, 3.63) is 29.3 Å². The molecule has 27 heavy (non-hydrogen) atoms. The molecule has 1 atom stereocenters. The molecule has 0 aliphatic carbocycles. The Hall–Kier alpha value is -1.68. The van der Waals surface area contributed by atoms with Gasteiger partial charge < -0.3 is 5.32 Å². The van der Waals surface area contributed by atoms with E-state index in [1.807, 2.05) is 11.8 Å². The number of sulfonamides is 1. The normalized spacial score (nSPS) is 22.3. The summed E-state index contributed by atoms with van der Waals surface area (Å²) < 4.78 is 26.9. The average molecular weight is 415 g/mol. The standard InChI is InChI=1S/C17H23ClN4O4S/c1-2-4-15-16(23)22(17(24)19-15)12-20-7-9-21(10-8-20)27(25,26)14-6-3-5-13(18)11-14/h3,5-6,11,15H,2,4,7-10,12H2,1H3,(H,19,24)/t15-/m1/s1. The molecule has 0 saturated carbocycles.